The Morgan fingerprint density at radius 1 is 1.00 bits per heavy atom. The molecule has 0 aliphatic heterocycles. The normalized spacial score (nSPS) is 10.8. The number of allylic oxidation sites excluding steroid dienone is 1. The van der Waals surface area contributed by atoms with Crippen LogP contribution in [0.1, 0.15) is 22.3 Å². The van der Waals surface area contributed by atoms with Crippen LogP contribution in [0.5, 0.6) is 17.2 Å². The predicted octanol–water partition coefficient (Wildman–Crippen LogP) is 3.95. The molecule has 3 aromatic rings. The third kappa shape index (κ3) is 5.34. The molecule has 0 atom stereocenters. The maximum atomic E-state index is 12.6. The Morgan fingerprint density at radius 2 is 1.72 bits per heavy atom. The van der Waals surface area contributed by atoms with Crippen molar-refractivity contribution in [2.75, 3.05) is 21.3 Å². The second-order valence-electron chi connectivity index (χ2n) is 6.84. The molecular weight excluding hydrogens is 412 g/mol. The fourth-order valence-electron chi connectivity index (χ4n) is 3.11. The molecule has 8 heteroatoms. The number of rotatable bonds is 10. The summed E-state index contributed by atoms with van der Waals surface area (Å²) in [7, 11) is 4.66. The van der Waals surface area contributed by atoms with Crippen LogP contribution < -0.4 is 14.2 Å². The van der Waals surface area contributed by atoms with E-state index in [4.69, 9.17) is 19.3 Å². The molecule has 2 aromatic carbocycles. The molecule has 0 aliphatic rings. The summed E-state index contributed by atoms with van der Waals surface area (Å²) in [5.41, 5.74) is 2.53. The van der Waals surface area contributed by atoms with Crippen molar-refractivity contribution in [2.24, 2.45) is 0 Å². The van der Waals surface area contributed by atoms with Gasteiger partial charge in [-0.1, -0.05) is 0 Å². The predicted molar refractivity (Wildman–Crippen MR) is 119 cm³/mol. The number of hydrogen-bond donors (Lipinski definition) is 1. The van der Waals surface area contributed by atoms with E-state index in [1.54, 1.807) is 74.7 Å². The zero-order chi connectivity index (χ0) is 23.1. The molecule has 0 amide bonds. The fraction of sp³-hybridized carbons (Fsp3) is 0.208. The van der Waals surface area contributed by atoms with Crippen LogP contribution in [0.4, 0.5) is 0 Å². The highest BCUT2D eigenvalue weighted by molar-refractivity contribution is 6.07. The maximum Gasteiger partial charge on any atom is 0.305 e. The third-order valence-electron chi connectivity index (χ3n) is 4.79. The zero-order valence-electron chi connectivity index (χ0n) is 18.1. The van der Waals surface area contributed by atoms with Crippen LogP contribution in [0, 0.1) is 0 Å². The van der Waals surface area contributed by atoms with E-state index < -0.39 is 5.97 Å². The SMILES string of the molecule is COc1ccc(C(=O)/C=C\c2cn(CCC(=O)O)nc2-c2ccc(OC)c(OC)c2)cc1. The zero-order valence-corrected chi connectivity index (χ0v) is 18.1. The quantitative estimate of drug-likeness (QED) is 0.379. The van der Waals surface area contributed by atoms with Gasteiger partial charge >= 0.3 is 5.97 Å². The van der Waals surface area contributed by atoms with Crippen molar-refractivity contribution in [1.29, 1.82) is 0 Å². The number of carbonyl (C=O) groups excluding carboxylic acids is 1. The molecule has 0 bridgehead atoms. The molecule has 32 heavy (non-hydrogen) atoms. The number of carboxylic acids is 1. The van der Waals surface area contributed by atoms with Crippen molar-refractivity contribution < 1.29 is 28.9 Å². The molecule has 166 valence electrons. The molecule has 1 aromatic heterocycles. The second-order valence-corrected chi connectivity index (χ2v) is 6.84. The lowest BCUT2D eigenvalue weighted by atomic mass is 10.1. The van der Waals surface area contributed by atoms with Crippen LogP contribution in [0.3, 0.4) is 0 Å². The molecule has 0 saturated carbocycles. The fourth-order valence-corrected chi connectivity index (χ4v) is 3.11. The molecular formula is C24H24N2O6. The van der Waals surface area contributed by atoms with Gasteiger partial charge in [-0.05, 0) is 54.6 Å². The lowest BCUT2D eigenvalue weighted by Gasteiger charge is -2.09. The number of ether oxygens (including phenoxy) is 3. The molecule has 0 spiro atoms. The first-order valence-electron chi connectivity index (χ1n) is 9.83. The van der Waals surface area contributed by atoms with Gasteiger partial charge in [0.05, 0.1) is 40.0 Å². The summed E-state index contributed by atoms with van der Waals surface area (Å²) >= 11 is 0. The molecule has 0 saturated heterocycles. The van der Waals surface area contributed by atoms with Crippen LogP contribution in [0.2, 0.25) is 0 Å². The number of ketones is 1. The number of nitrogens with zero attached hydrogens (tertiary/aromatic N) is 2. The summed E-state index contributed by atoms with van der Waals surface area (Å²) in [6.07, 6.45) is 4.78. The average Bonchev–Trinajstić information content (AvgIpc) is 3.23. The summed E-state index contributed by atoms with van der Waals surface area (Å²) in [6, 6.07) is 12.2. The highest BCUT2D eigenvalue weighted by Gasteiger charge is 2.14. The summed E-state index contributed by atoms with van der Waals surface area (Å²) in [4.78, 5) is 23.6. The van der Waals surface area contributed by atoms with E-state index in [-0.39, 0.29) is 18.7 Å². The molecule has 0 radical (unpaired) electrons. The third-order valence-corrected chi connectivity index (χ3v) is 4.79. The number of aromatic nitrogens is 2. The molecule has 0 fully saturated rings. The Balaban J connectivity index is 1.95. The highest BCUT2D eigenvalue weighted by Crippen LogP contribution is 2.33. The van der Waals surface area contributed by atoms with Gasteiger partial charge in [-0.3, -0.25) is 14.3 Å². The number of hydrogen-bond acceptors (Lipinski definition) is 6. The van der Waals surface area contributed by atoms with Gasteiger partial charge in [-0.2, -0.15) is 5.10 Å². The minimum atomic E-state index is -0.917. The summed E-state index contributed by atoms with van der Waals surface area (Å²) in [5.74, 6) is 0.688. The average molecular weight is 436 g/mol. The molecule has 1 N–H and O–H groups in total. The van der Waals surface area contributed by atoms with Crippen LogP contribution in [0.25, 0.3) is 17.3 Å². The smallest absolute Gasteiger partial charge is 0.305 e. The van der Waals surface area contributed by atoms with Gasteiger partial charge in [0.1, 0.15) is 5.75 Å². The molecule has 8 nitrogen and oxygen atoms in total. The maximum absolute atomic E-state index is 12.6. The number of methoxy groups -OCH3 is 3. The minimum Gasteiger partial charge on any atom is -0.497 e. The van der Waals surface area contributed by atoms with Gasteiger partial charge in [0.25, 0.3) is 0 Å². The molecule has 0 aliphatic carbocycles. The lowest BCUT2D eigenvalue weighted by molar-refractivity contribution is -0.137. The Labute approximate surface area is 185 Å². The van der Waals surface area contributed by atoms with Crippen molar-refractivity contribution >= 4 is 17.8 Å². The molecule has 0 unspecified atom stereocenters. The first-order chi connectivity index (χ1) is 15.4. The van der Waals surface area contributed by atoms with Gasteiger partial charge in [-0.15, -0.1) is 0 Å². The Kier molecular flexibility index (Phi) is 7.28. The first kappa shape index (κ1) is 22.6. The van der Waals surface area contributed by atoms with Crippen LogP contribution in [0.15, 0.2) is 54.7 Å². The van der Waals surface area contributed by atoms with Crippen LogP contribution >= 0.6 is 0 Å². The largest absolute Gasteiger partial charge is 0.497 e. The van der Waals surface area contributed by atoms with Crippen molar-refractivity contribution in [3.8, 4) is 28.5 Å². The lowest BCUT2D eigenvalue weighted by Crippen LogP contribution is -2.04. The number of aliphatic carboxylic acids is 1. The van der Waals surface area contributed by atoms with Crippen LogP contribution in [-0.4, -0.2) is 48.0 Å². The van der Waals surface area contributed by atoms with Crippen molar-refractivity contribution in [3.63, 3.8) is 0 Å². The number of carbonyl (C=O) groups is 2. The van der Waals surface area contributed by atoms with E-state index in [0.29, 0.717) is 34.1 Å². The Hall–Kier alpha value is -4.07. The van der Waals surface area contributed by atoms with E-state index in [1.165, 1.54) is 6.08 Å². The number of carboxylic acid groups (broad SMARTS) is 1. The Morgan fingerprint density at radius 3 is 2.34 bits per heavy atom. The standard InChI is InChI=1S/C24H24N2O6/c1-30-19-8-4-16(5-9-19)20(27)10-6-18-15-26(13-12-23(28)29)25-24(18)17-7-11-21(31-2)22(14-17)32-3/h4-11,14-15H,12-13H2,1-3H3,(H,28,29)/b10-6-. The van der Waals surface area contributed by atoms with E-state index in [1.807, 2.05) is 6.07 Å². The van der Waals surface area contributed by atoms with Crippen molar-refractivity contribution in [2.45, 2.75) is 13.0 Å². The molecule has 3 rings (SSSR count). The van der Waals surface area contributed by atoms with Gasteiger partial charge < -0.3 is 19.3 Å². The highest BCUT2D eigenvalue weighted by atomic mass is 16.5. The minimum absolute atomic E-state index is 0.0685. The Bertz CT molecular complexity index is 1130. The monoisotopic (exact) mass is 436 g/mol. The van der Waals surface area contributed by atoms with Crippen LogP contribution in [-0.2, 0) is 11.3 Å². The summed E-state index contributed by atoms with van der Waals surface area (Å²) in [5, 5.41) is 13.5. The molecule has 1 heterocycles. The van der Waals surface area contributed by atoms with Gasteiger partial charge in [0.15, 0.2) is 17.3 Å². The topological polar surface area (TPSA) is 99.9 Å². The van der Waals surface area contributed by atoms with Crippen molar-refractivity contribution in [1.82, 2.24) is 9.78 Å². The number of benzene rings is 2. The van der Waals surface area contributed by atoms with E-state index >= 15 is 0 Å². The van der Waals surface area contributed by atoms with E-state index in [9.17, 15) is 9.59 Å². The van der Waals surface area contributed by atoms with Gasteiger partial charge in [-0.25, -0.2) is 0 Å². The van der Waals surface area contributed by atoms with Gasteiger partial charge in [0.2, 0.25) is 0 Å². The van der Waals surface area contributed by atoms with Gasteiger partial charge in [0, 0.05) is 22.9 Å². The second kappa shape index (κ2) is 10.3. The summed E-state index contributed by atoms with van der Waals surface area (Å²) in [6.45, 7) is 0.204. The van der Waals surface area contributed by atoms with Crippen molar-refractivity contribution in [3.05, 3.63) is 65.9 Å². The van der Waals surface area contributed by atoms with E-state index in [0.717, 1.165) is 5.56 Å². The van der Waals surface area contributed by atoms with E-state index in [2.05, 4.69) is 5.10 Å². The summed E-state index contributed by atoms with van der Waals surface area (Å²) < 4.78 is 17.3. The first-order valence-corrected chi connectivity index (χ1v) is 9.83. The number of aryl methyl sites for hydroxylation is 1.